The molecule has 12 heteroatoms. The molecule has 49 heavy (non-hydrogen) atoms. The first-order valence-corrected chi connectivity index (χ1v) is 17.7. The van der Waals surface area contributed by atoms with Crippen LogP contribution in [0.25, 0.3) is 11.3 Å². The van der Waals surface area contributed by atoms with E-state index in [4.69, 9.17) is 18.9 Å². The number of aliphatic hydroxyl groups excluding tert-OH is 3. The zero-order chi connectivity index (χ0) is 35.1. The molecule has 0 radical (unpaired) electrons. The molecular weight excluding hydrogens is 634 g/mol. The number of aliphatic hydroxyl groups is 4. The Bertz CT molecular complexity index is 1580. The molecule has 5 aliphatic rings. The highest BCUT2D eigenvalue weighted by atomic mass is 16.7. The third kappa shape index (κ3) is 6.08. The van der Waals surface area contributed by atoms with Crippen molar-refractivity contribution in [3.63, 3.8) is 0 Å². The molecule has 2 aliphatic heterocycles. The van der Waals surface area contributed by atoms with Gasteiger partial charge in [-0.15, -0.1) is 6.58 Å². The molecule has 12 nitrogen and oxygen atoms in total. The van der Waals surface area contributed by atoms with Crippen LogP contribution in [0.3, 0.4) is 0 Å². The number of ether oxygens (including phenoxy) is 4. The fraction of sp³-hybridized carbons (Fsp3) is 0.676. The van der Waals surface area contributed by atoms with E-state index in [-0.39, 0.29) is 37.4 Å². The van der Waals surface area contributed by atoms with E-state index in [0.717, 1.165) is 21.8 Å². The number of carbonyl (C=O) groups excluding carboxylic acids is 1. The number of esters is 1. The standard InChI is InChI=1S/C37H51NO11/c1-4-22-24(18-31(41)42)23(33(43)46-3)12-13-28(22)47-35-36(45)15-14-26-25-17-27(20(2)21-9-6-5-7-10-21)38-32(25)29(11-8-16-39)49-37(26,34(36)44)30(19-40)48-35/h4,12,17,20-22,24,28,30,34-35,38-40,44-45H,1,5-11,13-16,18-19H2,2-3H3,(H,41,42)/t20-,22-,24+,28-,30-,34-,35-,36-,37-/m1/s1. The van der Waals surface area contributed by atoms with E-state index in [1.807, 2.05) is 0 Å². The topological polar surface area (TPSA) is 188 Å². The predicted molar refractivity (Wildman–Crippen MR) is 177 cm³/mol. The Hall–Kier alpha value is -3.00. The van der Waals surface area contributed by atoms with Crippen LogP contribution in [0.5, 0.6) is 0 Å². The van der Waals surface area contributed by atoms with Crippen molar-refractivity contribution in [1.29, 1.82) is 0 Å². The number of aromatic amines is 1. The lowest BCUT2D eigenvalue weighted by molar-refractivity contribution is -0.372. The van der Waals surface area contributed by atoms with Gasteiger partial charge in [-0.2, -0.15) is 0 Å². The van der Waals surface area contributed by atoms with Crippen LogP contribution < -0.4 is 10.6 Å². The highest BCUT2D eigenvalue weighted by Crippen LogP contribution is 2.54. The van der Waals surface area contributed by atoms with Crippen LogP contribution in [0, 0.1) is 17.8 Å². The summed E-state index contributed by atoms with van der Waals surface area (Å²) in [7, 11) is 1.23. The number of hydrogen-bond donors (Lipinski definition) is 6. The smallest absolute Gasteiger partial charge is 0.333 e. The maximum Gasteiger partial charge on any atom is 0.333 e. The predicted octanol–water partition coefficient (Wildman–Crippen LogP) is 1.88. The number of methoxy groups -OCH3 is 1. The lowest BCUT2D eigenvalue weighted by Gasteiger charge is -2.60. The van der Waals surface area contributed by atoms with Crippen molar-refractivity contribution in [3.8, 4) is 0 Å². The maximum atomic E-state index is 12.5. The molecule has 9 atom stereocenters. The summed E-state index contributed by atoms with van der Waals surface area (Å²) < 4.78 is 24.5. The molecule has 6 rings (SSSR count). The van der Waals surface area contributed by atoms with Crippen molar-refractivity contribution in [3.05, 3.63) is 46.6 Å². The highest BCUT2D eigenvalue weighted by molar-refractivity contribution is 5.90. The van der Waals surface area contributed by atoms with E-state index < -0.39 is 66.2 Å². The van der Waals surface area contributed by atoms with E-state index in [1.165, 1.54) is 45.3 Å². The third-order valence-corrected chi connectivity index (χ3v) is 11.9. The number of fused-ring (bicyclic) bond motifs is 2. The van der Waals surface area contributed by atoms with Crippen LogP contribution in [-0.4, -0.2) is 98.6 Å². The van der Waals surface area contributed by atoms with Gasteiger partial charge < -0.3 is 49.5 Å². The van der Waals surface area contributed by atoms with Gasteiger partial charge >= 0.3 is 11.9 Å². The normalized spacial score (nSPS) is 35.0. The Morgan fingerprint density at radius 2 is 1.98 bits per heavy atom. The van der Waals surface area contributed by atoms with Gasteiger partial charge in [0.15, 0.2) is 11.9 Å². The van der Waals surface area contributed by atoms with Gasteiger partial charge in [0.25, 0.3) is 0 Å². The van der Waals surface area contributed by atoms with Crippen molar-refractivity contribution in [2.75, 3.05) is 20.3 Å². The molecule has 270 valence electrons. The summed E-state index contributed by atoms with van der Waals surface area (Å²) in [5.74, 6) is -1.88. The molecule has 6 N–H and O–H groups in total. The quantitative estimate of drug-likeness (QED) is 0.139. The molecule has 0 amide bonds. The number of nitrogens with one attached hydrogen (secondary N) is 1. The fourth-order valence-corrected chi connectivity index (χ4v) is 9.20. The van der Waals surface area contributed by atoms with Crippen LogP contribution in [0.15, 0.2) is 30.4 Å². The summed E-state index contributed by atoms with van der Waals surface area (Å²) in [4.78, 5) is 28.0. The molecule has 2 bridgehead atoms. The van der Waals surface area contributed by atoms with Crippen LogP contribution in [0.4, 0.5) is 0 Å². The van der Waals surface area contributed by atoms with Crippen molar-refractivity contribution in [2.45, 2.75) is 119 Å². The van der Waals surface area contributed by atoms with Crippen molar-refractivity contribution in [2.24, 2.45) is 17.8 Å². The molecular formula is C37H51NO11. The summed E-state index contributed by atoms with van der Waals surface area (Å²) in [6.45, 7) is 5.51. The molecule has 1 aromatic rings. The Balaban J connectivity index is 1.37. The number of H-pyrrole nitrogens is 1. The molecule has 0 aromatic carbocycles. The van der Waals surface area contributed by atoms with Crippen LogP contribution in [0.1, 0.15) is 89.2 Å². The fourth-order valence-electron chi connectivity index (χ4n) is 9.20. The Morgan fingerprint density at radius 1 is 1.22 bits per heavy atom. The highest BCUT2D eigenvalue weighted by Gasteiger charge is 2.70. The monoisotopic (exact) mass is 685 g/mol. The summed E-state index contributed by atoms with van der Waals surface area (Å²) in [6, 6.07) is 2.13. The first-order chi connectivity index (χ1) is 23.5. The second-order valence-corrected chi connectivity index (χ2v) is 14.4. The second-order valence-electron chi connectivity index (χ2n) is 14.4. The minimum atomic E-state index is -1.97. The van der Waals surface area contributed by atoms with E-state index in [1.54, 1.807) is 6.08 Å². The van der Waals surface area contributed by atoms with Gasteiger partial charge in [-0.05, 0) is 62.0 Å². The Kier molecular flexibility index (Phi) is 10.5. The van der Waals surface area contributed by atoms with Gasteiger partial charge in [0.1, 0.15) is 23.6 Å². The lowest BCUT2D eigenvalue weighted by atomic mass is 9.63. The van der Waals surface area contributed by atoms with Crippen molar-refractivity contribution >= 4 is 23.3 Å². The van der Waals surface area contributed by atoms with Gasteiger partial charge in [-0.25, -0.2) is 4.79 Å². The lowest BCUT2D eigenvalue weighted by Crippen LogP contribution is -2.78. The Morgan fingerprint density at radius 3 is 2.63 bits per heavy atom. The van der Waals surface area contributed by atoms with Gasteiger partial charge in [0.2, 0.25) is 0 Å². The van der Waals surface area contributed by atoms with Crippen LogP contribution in [0.2, 0.25) is 0 Å². The molecule has 1 saturated heterocycles. The molecule has 2 saturated carbocycles. The van der Waals surface area contributed by atoms with Gasteiger partial charge in [-0.3, -0.25) is 4.79 Å². The van der Waals surface area contributed by atoms with E-state index >= 15 is 0 Å². The minimum Gasteiger partial charge on any atom is -0.481 e. The van der Waals surface area contributed by atoms with Crippen molar-refractivity contribution in [1.82, 2.24) is 4.98 Å². The zero-order valence-electron chi connectivity index (χ0n) is 28.4. The SMILES string of the molecule is C=C[C@@H]1[C@H](CC(=O)O)C(C(=O)OC)=CC[C@H]1O[C@@H]1O[C@H](CO)[C@]23OC(CCCO)=c4[nH]c([C@H](C)C5CCCCC5)cc4=C2CC[C@@]1(O)[C@H]3O. The zero-order valence-corrected chi connectivity index (χ0v) is 28.4. The van der Waals surface area contributed by atoms with Gasteiger partial charge in [0, 0.05) is 41.3 Å². The number of aliphatic carboxylic acids is 1. The first-order valence-electron chi connectivity index (χ1n) is 17.7. The summed E-state index contributed by atoms with van der Waals surface area (Å²) >= 11 is 0. The van der Waals surface area contributed by atoms with Crippen LogP contribution in [-0.2, 0) is 28.5 Å². The third-order valence-electron chi connectivity index (χ3n) is 11.9. The molecule has 3 heterocycles. The number of carboxylic acid groups (broad SMARTS) is 1. The second kappa shape index (κ2) is 14.3. The molecule has 3 fully saturated rings. The summed E-state index contributed by atoms with van der Waals surface area (Å²) in [6.07, 6.45) is 5.18. The number of rotatable bonds is 12. The van der Waals surface area contributed by atoms with Crippen molar-refractivity contribution < 1.29 is 54.1 Å². The number of hydrogen-bond acceptors (Lipinski definition) is 10. The maximum absolute atomic E-state index is 12.5. The number of aromatic nitrogens is 1. The summed E-state index contributed by atoms with van der Waals surface area (Å²) in [5, 5.41) is 56.4. The summed E-state index contributed by atoms with van der Waals surface area (Å²) in [5.41, 5.74) is -1.58. The number of carbonyl (C=O) groups is 2. The minimum absolute atomic E-state index is 0.0643. The Labute approximate surface area is 286 Å². The first kappa shape index (κ1) is 35.8. The largest absolute Gasteiger partial charge is 0.481 e. The van der Waals surface area contributed by atoms with E-state index in [2.05, 4.69) is 24.6 Å². The molecule has 0 unspecified atom stereocenters. The average molecular weight is 686 g/mol. The van der Waals surface area contributed by atoms with Gasteiger partial charge in [0.05, 0.1) is 31.6 Å². The molecule has 3 aliphatic carbocycles. The molecule has 1 spiro atoms. The van der Waals surface area contributed by atoms with E-state index in [9.17, 15) is 35.1 Å². The average Bonchev–Trinajstić information content (AvgIpc) is 3.55. The van der Waals surface area contributed by atoms with Gasteiger partial charge in [-0.1, -0.05) is 38.3 Å². The number of carboxylic acids is 1. The molecule has 1 aromatic heterocycles. The van der Waals surface area contributed by atoms with Crippen LogP contribution >= 0.6 is 0 Å². The van der Waals surface area contributed by atoms with E-state index in [0.29, 0.717) is 30.9 Å².